The van der Waals surface area contributed by atoms with Crippen LogP contribution in [0.3, 0.4) is 0 Å². The fraction of sp³-hybridized carbons (Fsp3) is 0.188. The highest BCUT2D eigenvalue weighted by atomic mass is 19.1. The van der Waals surface area contributed by atoms with Crippen LogP contribution < -0.4 is 0 Å². The van der Waals surface area contributed by atoms with Gasteiger partial charge in [-0.25, -0.2) is 4.39 Å². The highest BCUT2D eigenvalue weighted by Gasteiger charge is 2.06. The first-order valence-electron chi connectivity index (χ1n) is 6.01. The summed E-state index contributed by atoms with van der Waals surface area (Å²) in [6, 6.07) is 12.2. The molecule has 92 valence electrons. The van der Waals surface area contributed by atoms with E-state index >= 15 is 0 Å². The molecule has 0 saturated heterocycles. The molecule has 0 aromatic heterocycles. The van der Waals surface area contributed by atoms with Crippen LogP contribution in [0.25, 0.3) is 11.1 Å². The monoisotopic (exact) mass is 242 g/mol. The van der Waals surface area contributed by atoms with Gasteiger partial charge >= 0.3 is 0 Å². The third-order valence-corrected chi connectivity index (χ3v) is 2.88. The molecule has 2 heteroatoms. The van der Waals surface area contributed by atoms with Crippen LogP contribution in [0.2, 0.25) is 0 Å². The SMILES string of the molecule is CCC(=O)c1cccc(-c2cc(C)cc(F)c2)c1. The second-order valence-corrected chi connectivity index (χ2v) is 4.37. The minimum atomic E-state index is -0.253. The van der Waals surface area contributed by atoms with Crippen LogP contribution in [0, 0.1) is 12.7 Å². The van der Waals surface area contributed by atoms with Gasteiger partial charge in [0, 0.05) is 12.0 Å². The lowest BCUT2D eigenvalue weighted by molar-refractivity contribution is 0.0988. The molecule has 1 nitrogen and oxygen atoms in total. The normalized spacial score (nSPS) is 10.4. The predicted molar refractivity (Wildman–Crippen MR) is 71.2 cm³/mol. The van der Waals surface area contributed by atoms with E-state index in [1.807, 2.05) is 38.1 Å². The van der Waals surface area contributed by atoms with Gasteiger partial charge in [0.1, 0.15) is 5.82 Å². The van der Waals surface area contributed by atoms with Crippen LogP contribution in [0.5, 0.6) is 0 Å². The molecule has 0 radical (unpaired) electrons. The Hall–Kier alpha value is -1.96. The zero-order valence-corrected chi connectivity index (χ0v) is 10.5. The summed E-state index contributed by atoms with van der Waals surface area (Å²) in [5.41, 5.74) is 3.23. The Morgan fingerprint density at radius 1 is 1.11 bits per heavy atom. The first-order chi connectivity index (χ1) is 8.60. The van der Waals surface area contributed by atoms with Crippen LogP contribution in [-0.4, -0.2) is 5.78 Å². The maximum Gasteiger partial charge on any atom is 0.162 e. The fourth-order valence-corrected chi connectivity index (χ4v) is 1.98. The molecule has 0 saturated carbocycles. The molecule has 18 heavy (non-hydrogen) atoms. The largest absolute Gasteiger partial charge is 0.294 e. The number of benzene rings is 2. The van der Waals surface area contributed by atoms with Gasteiger partial charge in [-0.3, -0.25) is 4.79 Å². The zero-order chi connectivity index (χ0) is 13.1. The van der Waals surface area contributed by atoms with Crippen molar-refractivity contribution in [1.82, 2.24) is 0 Å². The molecule has 0 unspecified atom stereocenters. The van der Waals surface area contributed by atoms with E-state index < -0.39 is 0 Å². The molecule has 0 bridgehead atoms. The molecule has 0 aliphatic rings. The molecule has 0 heterocycles. The van der Waals surface area contributed by atoms with Crippen LogP contribution in [0.15, 0.2) is 42.5 Å². The smallest absolute Gasteiger partial charge is 0.162 e. The van der Waals surface area contributed by atoms with Gasteiger partial charge in [-0.15, -0.1) is 0 Å². The Balaban J connectivity index is 2.47. The van der Waals surface area contributed by atoms with Gasteiger partial charge < -0.3 is 0 Å². The summed E-state index contributed by atoms with van der Waals surface area (Å²) in [6.07, 6.45) is 0.478. The van der Waals surface area contributed by atoms with E-state index in [0.717, 1.165) is 16.7 Å². The van der Waals surface area contributed by atoms with E-state index in [4.69, 9.17) is 0 Å². The van der Waals surface area contributed by atoms with E-state index in [2.05, 4.69) is 0 Å². The molecule has 2 rings (SSSR count). The molecule has 0 spiro atoms. The van der Waals surface area contributed by atoms with Crippen LogP contribution >= 0.6 is 0 Å². The first kappa shape index (κ1) is 12.5. The molecular formula is C16H15FO. The van der Waals surface area contributed by atoms with Gasteiger partial charge in [-0.2, -0.15) is 0 Å². The number of hydrogen-bond donors (Lipinski definition) is 0. The van der Waals surface area contributed by atoms with Crippen molar-refractivity contribution in [2.45, 2.75) is 20.3 Å². The van der Waals surface area contributed by atoms with E-state index in [1.54, 1.807) is 6.07 Å². The third-order valence-electron chi connectivity index (χ3n) is 2.88. The number of ketones is 1. The lowest BCUT2D eigenvalue weighted by Crippen LogP contribution is -1.96. The number of rotatable bonds is 3. The molecular weight excluding hydrogens is 227 g/mol. The van der Waals surface area contributed by atoms with E-state index in [1.165, 1.54) is 12.1 Å². The minimum Gasteiger partial charge on any atom is -0.294 e. The average molecular weight is 242 g/mol. The molecule has 0 amide bonds. The van der Waals surface area contributed by atoms with Gasteiger partial charge in [0.15, 0.2) is 5.78 Å². The summed E-state index contributed by atoms with van der Waals surface area (Å²) in [4.78, 5) is 11.7. The van der Waals surface area contributed by atoms with Gasteiger partial charge in [-0.1, -0.05) is 31.2 Å². The summed E-state index contributed by atoms with van der Waals surface area (Å²) in [5.74, 6) is -0.151. The van der Waals surface area contributed by atoms with Gasteiger partial charge in [-0.05, 0) is 41.8 Å². The number of halogens is 1. The fourth-order valence-electron chi connectivity index (χ4n) is 1.98. The van der Waals surface area contributed by atoms with Crippen molar-refractivity contribution in [3.05, 3.63) is 59.4 Å². The van der Waals surface area contributed by atoms with Crippen molar-refractivity contribution < 1.29 is 9.18 Å². The topological polar surface area (TPSA) is 17.1 Å². The highest BCUT2D eigenvalue weighted by Crippen LogP contribution is 2.23. The lowest BCUT2D eigenvalue weighted by Gasteiger charge is -2.06. The summed E-state index contributed by atoms with van der Waals surface area (Å²) in [6.45, 7) is 3.69. The maximum atomic E-state index is 13.4. The number of carbonyl (C=O) groups excluding carboxylic acids is 1. The number of carbonyl (C=O) groups is 1. The Morgan fingerprint density at radius 2 is 1.89 bits per heavy atom. The summed E-state index contributed by atoms with van der Waals surface area (Å²) < 4.78 is 13.4. The summed E-state index contributed by atoms with van der Waals surface area (Å²) >= 11 is 0. The van der Waals surface area contributed by atoms with Crippen LogP contribution in [-0.2, 0) is 0 Å². The molecule has 0 atom stereocenters. The quantitative estimate of drug-likeness (QED) is 0.729. The Bertz CT molecular complexity index is 567. The number of hydrogen-bond acceptors (Lipinski definition) is 1. The van der Waals surface area contributed by atoms with Crippen molar-refractivity contribution >= 4 is 5.78 Å². The Morgan fingerprint density at radius 3 is 2.56 bits per heavy atom. The van der Waals surface area contributed by atoms with Crippen LogP contribution in [0.4, 0.5) is 4.39 Å². The molecule has 0 N–H and O–H groups in total. The standard InChI is InChI=1S/C16H15FO/c1-3-16(18)13-6-4-5-12(9-13)14-7-11(2)8-15(17)10-14/h4-10H,3H2,1-2H3. The van der Waals surface area contributed by atoms with E-state index in [9.17, 15) is 9.18 Å². The molecule has 0 aliphatic heterocycles. The van der Waals surface area contributed by atoms with Crippen LogP contribution in [0.1, 0.15) is 29.3 Å². The van der Waals surface area contributed by atoms with Gasteiger partial charge in [0.05, 0.1) is 0 Å². The second kappa shape index (κ2) is 5.13. The molecule has 0 aliphatic carbocycles. The maximum absolute atomic E-state index is 13.4. The van der Waals surface area contributed by atoms with Gasteiger partial charge in [0.25, 0.3) is 0 Å². The number of Topliss-reactive ketones (excluding diaryl/α,β-unsaturated/α-hetero) is 1. The van der Waals surface area contributed by atoms with E-state index in [0.29, 0.717) is 12.0 Å². The van der Waals surface area contributed by atoms with Crippen molar-refractivity contribution in [3.63, 3.8) is 0 Å². The minimum absolute atomic E-state index is 0.102. The number of aryl methyl sites for hydroxylation is 1. The van der Waals surface area contributed by atoms with Crippen molar-refractivity contribution in [1.29, 1.82) is 0 Å². The molecule has 2 aromatic rings. The Kier molecular flexibility index (Phi) is 3.56. The summed E-state index contributed by atoms with van der Waals surface area (Å²) in [5, 5.41) is 0. The predicted octanol–water partition coefficient (Wildman–Crippen LogP) is 4.39. The third kappa shape index (κ3) is 2.65. The van der Waals surface area contributed by atoms with Crippen molar-refractivity contribution in [2.75, 3.05) is 0 Å². The zero-order valence-electron chi connectivity index (χ0n) is 10.5. The van der Waals surface area contributed by atoms with Gasteiger partial charge in [0.2, 0.25) is 0 Å². The van der Waals surface area contributed by atoms with E-state index in [-0.39, 0.29) is 11.6 Å². The van der Waals surface area contributed by atoms with Crippen molar-refractivity contribution in [2.24, 2.45) is 0 Å². The highest BCUT2D eigenvalue weighted by molar-refractivity contribution is 5.97. The Labute approximate surface area is 106 Å². The summed E-state index contributed by atoms with van der Waals surface area (Å²) in [7, 11) is 0. The average Bonchev–Trinajstić information content (AvgIpc) is 2.37. The molecule has 0 fully saturated rings. The molecule has 2 aromatic carbocycles. The van der Waals surface area contributed by atoms with Crippen molar-refractivity contribution in [3.8, 4) is 11.1 Å². The second-order valence-electron chi connectivity index (χ2n) is 4.37. The first-order valence-corrected chi connectivity index (χ1v) is 6.01. The lowest BCUT2D eigenvalue weighted by atomic mass is 9.99.